The Hall–Kier alpha value is -1.55. The zero-order valence-corrected chi connectivity index (χ0v) is 12.8. The van der Waals surface area contributed by atoms with Gasteiger partial charge in [-0.2, -0.15) is 0 Å². The molecule has 1 unspecified atom stereocenters. The van der Waals surface area contributed by atoms with Crippen molar-refractivity contribution in [2.45, 2.75) is 57.5 Å². The molecule has 0 spiro atoms. The topological polar surface area (TPSA) is 64.3 Å². The Morgan fingerprint density at radius 3 is 2.76 bits per heavy atom. The molecule has 1 atom stereocenters. The first-order valence-corrected chi connectivity index (χ1v) is 7.91. The zero-order valence-electron chi connectivity index (χ0n) is 12.8. The van der Waals surface area contributed by atoms with Gasteiger partial charge < -0.3 is 15.8 Å². The normalized spacial score (nSPS) is 17.2. The first-order valence-electron chi connectivity index (χ1n) is 7.91. The van der Waals surface area contributed by atoms with Crippen LogP contribution < -0.4 is 15.8 Å². The second kappa shape index (κ2) is 8.03. The van der Waals surface area contributed by atoms with Crippen molar-refractivity contribution in [3.8, 4) is 5.75 Å². The van der Waals surface area contributed by atoms with Crippen molar-refractivity contribution in [3.63, 3.8) is 0 Å². The molecule has 21 heavy (non-hydrogen) atoms. The lowest BCUT2D eigenvalue weighted by Crippen LogP contribution is -2.39. The Morgan fingerprint density at radius 1 is 1.33 bits per heavy atom. The molecule has 0 heterocycles. The Bertz CT molecular complexity index is 454. The number of nitrogens with two attached hydrogens (primary N) is 1. The molecule has 1 fully saturated rings. The van der Waals surface area contributed by atoms with E-state index in [1.54, 1.807) is 0 Å². The van der Waals surface area contributed by atoms with Gasteiger partial charge >= 0.3 is 0 Å². The number of rotatable bonds is 6. The number of nitrogens with one attached hydrogen (secondary N) is 1. The van der Waals surface area contributed by atoms with E-state index in [1.165, 1.54) is 19.3 Å². The van der Waals surface area contributed by atoms with Crippen LogP contribution in [0.2, 0.25) is 0 Å². The van der Waals surface area contributed by atoms with Gasteiger partial charge in [-0.05, 0) is 37.8 Å². The zero-order chi connectivity index (χ0) is 15.1. The summed E-state index contributed by atoms with van der Waals surface area (Å²) in [6.07, 6.45) is 6.64. The van der Waals surface area contributed by atoms with Crippen LogP contribution in [-0.2, 0) is 11.2 Å². The SMILES string of the molecule is CC(N)Cc1ccccc1OCC(=O)NC1CCCCC1. The fourth-order valence-electron chi connectivity index (χ4n) is 2.82. The summed E-state index contributed by atoms with van der Waals surface area (Å²) in [6.45, 7) is 2.04. The molecule has 4 nitrogen and oxygen atoms in total. The van der Waals surface area contributed by atoms with E-state index in [4.69, 9.17) is 10.5 Å². The molecule has 1 amide bonds. The summed E-state index contributed by atoms with van der Waals surface area (Å²) in [6, 6.07) is 8.18. The maximum atomic E-state index is 12.0. The summed E-state index contributed by atoms with van der Waals surface area (Å²) in [5, 5.41) is 3.06. The van der Waals surface area contributed by atoms with Gasteiger partial charge in [0.1, 0.15) is 5.75 Å². The van der Waals surface area contributed by atoms with Crippen molar-refractivity contribution < 1.29 is 9.53 Å². The largest absolute Gasteiger partial charge is 0.483 e. The van der Waals surface area contributed by atoms with Crippen LogP contribution in [0, 0.1) is 0 Å². The van der Waals surface area contributed by atoms with Gasteiger partial charge in [0, 0.05) is 12.1 Å². The number of carbonyl (C=O) groups is 1. The summed E-state index contributed by atoms with van der Waals surface area (Å²) in [5.74, 6) is 0.728. The first-order chi connectivity index (χ1) is 10.1. The fourth-order valence-corrected chi connectivity index (χ4v) is 2.82. The molecule has 4 heteroatoms. The number of para-hydroxylation sites is 1. The van der Waals surface area contributed by atoms with E-state index < -0.39 is 0 Å². The van der Waals surface area contributed by atoms with Crippen LogP contribution in [0.1, 0.15) is 44.6 Å². The van der Waals surface area contributed by atoms with E-state index in [0.717, 1.165) is 30.6 Å². The molecule has 116 valence electrons. The second-order valence-electron chi connectivity index (χ2n) is 5.98. The van der Waals surface area contributed by atoms with Crippen molar-refractivity contribution >= 4 is 5.91 Å². The van der Waals surface area contributed by atoms with Gasteiger partial charge in [0.2, 0.25) is 0 Å². The van der Waals surface area contributed by atoms with E-state index in [9.17, 15) is 4.79 Å². The Labute approximate surface area is 127 Å². The lowest BCUT2D eigenvalue weighted by atomic mass is 9.95. The van der Waals surface area contributed by atoms with Gasteiger partial charge in [0.15, 0.2) is 6.61 Å². The third-order valence-corrected chi connectivity index (χ3v) is 3.84. The molecule has 2 rings (SSSR count). The minimum Gasteiger partial charge on any atom is -0.483 e. The number of ether oxygens (including phenoxy) is 1. The molecule has 0 saturated heterocycles. The molecule has 1 saturated carbocycles. The minimum atomic E-state index is -0.0301. The van der Waals surface area contributed by atoms with Crippen molar-refractivity contribution in [2.24, 2.45) is 5.73 Å². The Kier molecular flexibility index (Phi) is 6.05. The molecule has 3 N–H and O–H groups in total. The van der Waals surface area contributed by atoms with Crippen LogP contribution in [0.4, 0.5) is 0 Å². The average molecular weight is 290 g/mol. The summed E-state index contributed by atoms with van der Waals surface area (Å²) in [5.41, 5.74) is 6.89. The monoisotopic (exact) mass is 290 g/mol. The van der Waals surface area contributed by atoms with Crippen molar-refractivity contribution in [2.75, 3.05) is 6.61 Å². The fraction of sp³-hybridized carbons (Fsp3) is 0.588. The average Bonchev–Trinajstić information content (AvgIpc) is 2.47. The van der Waals surface area contributed by atoms with E-state index >= 15 is 0 Å². The maximum Gasteiger partial charge on any atom is 0.258 e. The molecule has 0 aliphatic heterocycles. The lowest BCUT2D eigenvalue weighted by molar-refractivity contribution is -0.124. The highest BCUT2D eigenvalue weighted by Crippen LogP contribution is 2.20. The number of hydrogen-bond donors (Lipinski definition) is 2. The quantitative estimate of drug-likeness (QED) is 0.845. The number of benzene rings is 1. The van der Waals surface area contributed by atoms with E-state index in [0.29, 0.717) is 6.04 Å². The highest BCUT2D eigenvalue weighted by molar-refractivity contribution is 5.77. The number of amides is 1. The highest BCUT2D eigenvalue weighted by atomic mass is 16.5. The summed E-state index contributed by atoms with van der Waals surface area (Å²) >= 11 is 0. The molecular weight excluding hydrogens is 264 g/mol. The van der Waals surface area contributed by atoms with E-state index in [1.807, 2.05) is 31.2 Å². The van der Waals surface area contributed by atoms with Crippen molar-refractivity contribution in [1.29, 1.82) is 0 Å². The number of carbonyl (C=O) groups excluding carboxylic acids is 1. The molecule has 1 aromatic rings. The minimum absolute atomic E-state index is 0.0301. The van der Waals surface area contributed by atoms with Crippen LogP contribution >= 0.6 is 0 Å². The maximum absolute atomic E-state index is 12.0. The summed E-state index contributed by atoms with van der Waals surface area (Å²) < 4.78 is 5.67. The third-order valence-electron chi connectivity index (χ3n) is 3.84. The molecular formula is C17H26N2O2. The van der Waals surface area contributed by atoms with Gasteiger partial charge in [-0.15, -0.1) is 0 Å². The Morgan fingerprint density at radius 2 is 2.05 bits per heavy atom. The molecule has 1 aromatic carbocycles. The lowest BCUT2D eigenvalue weighted by Gasteiger charge is -2.22. The van der Waals surface area contributed by atoms with E-state index in [-0.39, 0.29) is 18.6 Å². The standard InChI is InChI=1S/C17H26N2O2/c1-13(18)11-14-7-5-6-10-16(14)21-12-17(20)19-15-8-3-2-4-9-15/h5-7,10,13,15H,2-4,8-9,11-12,18H2,1H3,(H,19,20). The molecule has 1 aliphatic rings. The van der Waals surface area contributed by atoms with Gasteiger partial charge in [0.25, 0.3) is 5.91 Å². The van der Waals surface area contributed by atoms with Crippen LogP contribution in [0.25, 0.3) is 0 Å². The van der Waals surface area contributed by atoms with Crippen LogP contribution in [0.5, 0.6) is 5.75 Å². The van der Waals surface area contributed by atoms with Gasteiger partial charge in [-0.1, -0.05) is 37.5 Å². The second-order valence-corrected chi connectivity index (χ2v) is 5.98. The third kappa shape index (κ3) is 5.38. The Balaban J connectivity index is 1.83. The molecule has 0 aromatic heterocycles. The van der Waals surface area contributed by atoms with Crippen LogP contribution in [-0.4, -0.2) is 24.6 Å². The van der Waals surface area contributed by atoms with Gasteiger partial charge in [0.05, 0.1) is 0 Å². The van der Waals surface area contributed by atoms with Crippen molar-refractivity contribution in [3.05, 3.63) is 29.8 Å². The van der Waals surface area contributed by atoms with Crippen molar-refractivity contribution in [1.82, 2.24) is 5.32 Å². The highest BCUT2D eigenvalue weighted by Gasteiger charge is 2.16. The van der Waals surface area contributed by atoms with E-state index in [2.05, 4.69) is 5.32 Å². The molecule has 0 bridgehead atoms. The van der Waals surface area contributed by atoms with Crippen LogP contribution in [0.3, 0.4) is 0 Å². The molecule has 0 radical (unpaired) electrons. The molecule has 1 aliphatic carbocycles. The summed E-state index contributed by atoms with van der Waals surface area (Å²) in [4.78, 5) is 12.0. The van der Waals surface area contributed by atoms with Crippen LogP contribution in [0.15, 0.2) is 24.3 Å². The first kappa shape index (κ1) is 15.8. The van der Waals surface area contributed by atoms with Gasteiger partial charge in [-0.25, -0.2) is 0 Å². The number of hydrogen-bond acceptors (Lipinski definition) is 3. The predicted molar refractivity (Wildman–Crippen MR) is 84.3 cm³/mol. The van der Waals surface area contributed by atoms with Gasteiger partial charge in [-0.3, -0.25) is 4.79 Å². The smallest absolute Gasteiger partial charge is 0.258 e. The summed E-state index contributed by atoms with van der Waals surface area (Å²) in [7, 11) is 0. The predicted octanol–water partition coefficient (Wildman–Crippen LogP) is 2.40.